The van der Waals surface area contributed by atoms with Crippen LogP contribution in [-0.4, -0.2) is 18.2 Å². The number of aryl methyl sites for hydroxylation is 1. The van der Waals surface area contributed by atoms with Crippen LogP contribution in [0.3, 0.4) is 0 Å². The Bertz CT molecular complexity index is 347. The van der Waals surface area contributed by atoms with Gasteiger partial charge in [-0.1, -0.05) is 0 Å². The average molecular weight is 184 g/mol. The predicted octanol–water partition coefficient (Wildman–Crippen LogP) is 1.63. The number of halogens is 1. The SMILES string of the molecule is COC(=O)c1cc(C)c(O)cc1F. The number of carbonyl (C=O) groups excluding carboxylic acids is 1. The zero-order valence-electron chi connectivity index (χ0n) is 7.30. The molecule has 0 amide bonds. The highest BCUT2D eigenvalue weighted by Gasteiger charge is 2.13. The fourth-order valence-corrected chi connectivity index (χ4v) is 0.937. The van der Waals surface area contributed by atoms with Gasteiger partial charge in [-0.15, -0.1) is 0 Å². The van der Waals surface area contributed by atoms with Crippen molar-refractivity contribution in [1.29, 1.82) is 0 Å². The smallest absolute Gasteiger partial charge is 0.340 e. The van der Waals surface area contributed by atoms with Gasteiger partial charge in [0.15, 0.2) is 0 Å². The van der Waals surface area contributed by atoms with Crippen LogP contribution in [-0.2, 0) is 4.74 Å². The first kappa shape index (κ1) is 9.51. The van der Waals surface area contributed by atoms with Gasteiger partial charge in [-0.05, 0) is 18.6 Å². The largest absolute Gasteiger partial charge is 0.508 e. The van der Waals surface area contributed by atoms with E-state index in [-0.39, 0.29) is 11.3 Å². The van der Waals surface area contributed by atoms with Crippen molar-refractivity contribution in [3.05, 3.63) is 29.1 Å². The summed E-state index contributed by atoms with van der Waals surface area (Å²) in [5, 5.41) is 9.09. The molecular formula is C9H9FO3. The number of esters is 1. The van der Waals surface area contributed by atoms with E-state index in [2.05, 4.69) is 4.74 Å². The standard InChI is InChI=1S/C9H9FO3/c1-5-3-6(9(12)13-2)7(10)4-8(5)11/h3-4,11H,1-2H3. The Kier molecular flexibility index (Phi) is 2.51. The molecular weight excluding hydrogens is 175 g/mol. The van der Waals surface area contributed by atoms with Gasteiger partial charge in [0.2, 0.25) is 0 Å². The molecule has 0 saturated carbocycles. The maximum Gasteiger partial charge on any atom is 0.340 e. The van der Waals surface area contributed by atoms with E-state index < -0.39 is 11.8 Å². The van der Waals surface area contributed by atoms with Gasteiger partial charge in [-0.25, -0.2) is 9.18 Å². The van der Waals surface area contributed by atoms with Crippen molar-refractivity contribution < 1.29 is 19.0 Å². The number of aromatic hydroxyl groups is 1. The van der Waals surface area contributed by atoms with E-state index in [0.29, 0.717) is 5.56 Å². The van der Waals surface area contributed by atoms with Gasteiger partial charge >= 0.3 is 5.97 Å². The summed E-state index contributed by atoms with van der Waals surface area (Å²) >= 11 is 0. The molecule has 0 fully saturated rings. The predicted molar refractivity (Wildman–Crippen MR) is 44.1 cm³/mol. The second-order valence-corrected chi connectivity index (χ2v) is 2.61. The third-order valence-electron chi connectivity index (χ3n) is 1.69. The summed E-state index contributed by atoms with van der Waals surface area (Å²) in [6, 6.07) is 2.14. The molecule has 0 spiro atoms. The lowest BCUT2D eigenvalue weighted by Gasteiger charge is -2.03. The molecule has 0 aliphatic heterocycles. The molecule has 0 bridgehead atoms. The first-order valence-corrected chi connectivity index (χ1v) is 3.63. The lowest BCUT2D eigenvalue weighted by molar-refractivity contribution is 0.0595. The normalized spacial score (nSPS) is 9.77. The second-order valence-electron chi connectivity index (χ2n) is 2.61. The number of ether oxygens (including phenoxy) is 1. The minimum absolute atomic E-state index is 0.169. The van der Waals surface area contributed by atoms with Crippen LogP contribution < -0.4 is 0 Å². The van der Waals surface area contributed by atoms with E-state index in [4.69, 9.17) is 5.11 Å². The van der Waals surface area contributed by atoms with Crippen LogP contribution in [0.2, 0.25) is 0 Å². The number of methoxy groups -OCH3 is 1. The highest BCUT2D eigenvalue weighted by Crippen LogP contribution is 2.20. The number of carbonyl (C=O) groups is 1. The van der Waals surface area contributed by atoms with Crippen LogP contribution in [0.1, 0.15) is 15.9 Å². The van der Waals surface area contributed by atoms with Gasteiger partial charge in [-0.2, -0.15) is 0 Å². The van der Waals surface area contributed by atoms with Crippen LogP contribution in [0.15, 0.2) is 12.1 Å². The zero-order chi connectivity index (χ0) is 10.0. The van der Waals surface area contributed by atoms with Crippen LogP contribution in [0.25, 0.3) is 0 Å². The molecule has 0 aromatic heterocycles. The van der Waals surface area contributed by atoms with E-state index in [1.807, 2.05) is 0 Å². The quantitative estimate of drug-likeness (QED) is 0.674. The Morgan fingerprint density at radius 3 is 2.69 bits per heavy atom. The number of benzene rings is 1. The Balaban J connectivity index is 3.23. The molecule has 0 atom stereocenters. The minimum atomic E-state index is -0.782. The molecule has 0 saturated heterocycles. The maximum absolute atomic E-state index is 13.0. The van der Waals surface area contributed by atoms with E-state index in [1.165, 1.54) is 13.2 Å². The van der Waals surface area contributed by atoms with Gasteiger partial charge in [0.1, 0.15) is 11.6 Å². The molecule has 70 valence electrons. The van der Waals surface area contributed by atoms with Crippen molar-refractivity contribution in [3.63, 3.8) is 0 Å². The number of hydrogen-bond donors (Lipinski definition) is 1. The number of hydrogen-bond acceptors (Lipinski definition) is 3. The molecule has 0 heterocycles. The van der Waals surface area contributed by atoms with Crippen LogP contribution in [0.5, 0.6) is 5.75 Å². The van der Waals surface area contributed by atoms with Gasteiger partial charge in [0.25, 0.3) is 0 Å². The second kappa shape index (κ2) is 3.43. The molecule has 0 aliphatic carbocycles. The Morgan fingerprint density at radius 2 is 2.15 bits per heavy atom. The summed E-state index contributed by atoms with van der Waals surface area (Å²) in [4.78, 5) is 11.0. The molecule has 0 unspecified atom stereocenters. The third kappa shape index (κ3) is 1.77. The Morgan fingerprint density at radius 1 is 1.54 bits per heavy atom. The number of rotatable bonds is 1. The highest BCUT2D eigenvalue weighted by molar-refractivity contribution is 5.90. The van der Waals surface area contributed by atoms with Crippen LogP contribution in [0, 0.1) is 12.7 Å². The third-order valence-corrected chi connectivity index (χ3v) is 1.69. The summed E-state index contributed by atoms with van der Waals surface area (Å²) in [5.41, 5.74) is 0.264. The van der Waals surface area contributed by atoms with Crippen molar-refractivity contribution >= 4 is 5.97 Å². The summed E-state index contributed by atoms with van der Waals surface area (Å²) in [5.74, 6) is -1.71. The molecule has 13 heavy (non-hydrogen) atoms. The van der Waals surface area contributed by atoms with E-state index in [1.54, 1.807) is 6.92 Å². The zero-order valence-corrected chi connectivity index (χ0v) is 7.30. The Hall–Kier alpha value is -1.58. The van der Waals surface area contributed by atoms with Crippen molar-refractivity contribution in [1.82, 2.24) is 0 Å². The molecule has 1 aromatic carbocycles. The van der Waals surface area contributed by atoms with Crippen LogP contribution in [0.4, 0.5) is 4.39 Å². The highest BCUT2D eigenvalue weighted by atomic mass is 19.1. The number of phenolic OH excluding ortho intramolecular Hbond substituents is 1. The van der Waals surface area contributed by atoms with Crippen LogP contribution >= 0.6 is 0 Å². The fraction of sp³-hybridized carbons (Fsp3) is 0.222. The van der Waals surface area contributed by atoms with Gasteiger partial charge in [0.05, 0.1) is 12.7 Å². The van der Waals surface area contributed by atoms with Crippen molar-refractivity contribution in [3.8, 4) is 5.75 Å². The van der Waals surface area contributed by atoms with Crippen molar-refractivity contribution in [2.24, 2.45) is 0 Å². The van der Waals surface area contributed by atoms with Gasteiger partial charge in [0, 0.05) is 6.07 Å². The molecule has 4 heteroatoms. The average Bonchev–Trinajstić information content (AvgIpc) is 2.10. The summed E-state index contributed by atoms with van der Waals surface area (Å²) in [6.07, 6.45) is 0. The fourth-order valence-electron chi connectivity index (χ4n) is 0.937. The van der Waals surface area contributed by atoms with E-state index in [9.17, 15) is 9.18 Å². The molecule has 1 aromatic rings. The molecule has 1 rings (SSSR count). The topological polar surface area (TPSA) is 46.5 Å². The van der Waals surface area contributed by atoms with Gasteiger partial charge in [-0.3, -0.25) is 0 Å². The van der Waals surface area contributed by atoms with E-state index in [0.717, 1.165) is 6.07 Å². The lowest BCUT2D eigenvalue weighted by atomic mass is 10.1. The lowest BCUT2D eigenvalue weighted by Crippen LogP contribution is -2.04. The van der Waals surface area contributed by atoms with Gasteiger partial charge < -0.3 is 9.84 Å². The minimum Gasteiger partial charge on any atom is -0.508 e. The number of phenols is 1. The van der Waals surface area contributed by atoms with E-state index >= 15 is 0 Å². The molecule has 0 radical (unpaired) electrons. The maximum atomic E-state index is 13.0. The first-order chi connectivity index (χ1) is 6.06. The summed E-state index contributed by atoms with van der Waals surface area (Å²) in [6.45, 7) is 1.57. The Labute approximate surface area is 74.8 Å². The monoisotopic (exact) mass is 184 g/mol. The summed E-state index contributed by atoms with van der Waals surface area (Å²) < 4.78 is 17.4. The first-order valence-electron chi connectivity index (χ1n) is 3.63. The van der Waals surface area contributed by atoms with Crippen molar-refractivity contribution in [2.45, 2.75) is 6.92 Å². The van der Waals surface area contributed by atoms with Crippen molar-refractivity contribution in [2.75, 3.05) is 7.11 Å². The molecule has 1 N–H and O–H groups in total. The molecule has 3 nitrogen and oxygen atoms in total. The summed E-state index contributed by atoms with van der Waals surface area (Å²) in [7, 11) is 1.17. The molecule has 0 aliphatic rings.